The average molecular weight is 299 g/mol. The van der Waals surface area contributed by atoms with Gasteiger partial charge in [-0.25, -0.2) is 0 Å². The Bertz CT molecular complexity index is 607. The van der Waals surface area contributed by atoms with Crippen LogP contribution in [0.4, 0.5) is 0 Å². The molecule has 2 rings (SSSR count). The lowest BCUT2D eigenvalue weighted by molar-refractivity contribution is -0.148. The first-order valence-corrected chi connectivity index (χ1v) is 6.19. The molecule has 1 unspecified atom stereocenters. The van der Waals surface area contributed by atoms with Crippen LogP contribution in [0.1, 0.15) is 19.4 Å². The molecule has 4 N–H and O–H groups in total. The summed E-state index contributed by atoms with van der Waals surface area (Å²) >= 11 is 0. The number of carbonyl (C=O) groups is 1. The van der Waals surface area contributed by atoms with Crippen LogP contribution in [0.2, 0.25) is 0 Å². The Kier molecular flexibility index (Phi) is 5.03. The van der Waals surface area contributed by atoms with Gasteiger partial charge < -0.3 is 20.6 Å². The summed E-state index contributed by atoms with van der Waals surface area (Å²) in [7, 11) is 0. The number of aromatic nitrogens is 1. The largest absolute Gasteiger partial charge is 0.508 e. The third-order valence-electron chi connectivity index (χ3n) is 3.05. The van der Waals surface area contributed by atoms with E-state index < -0.39 is 11.5 Å². The van der Waals surface area contributed by atoms with Crippen LogP contribution in [-0.4, -0.2) is 28.2 Å². The number of ether oxygens (including phenoxy) is 1. The summed E-state index contributed by atoms with van der Waals surface area (Å²) in [5.41, 5.74) is 6.70. The van der Waals surface area contributed by atoms with Crippen LogP contribution in [0, 0.1) is 0 Å². The van der Waals surface area contributed by atoms with Crippen molar-refractivity contribution in [2.75, 3.05) is 6.61 Å². The number of rotatable bonds is 4. The number of phenols is 1. The number of nitrogens with two attached hydrogens (primary N) is 1. The summed E-state index contributed by atoms with van der Waals surface area (Å²) in [6.07, 6.45) is 2.14. The maximum absolute atomic E-state index is 11.8. The normalized spacial score (nSPS) is 13.6. The van der Waals surface area contributed by atoms with Gasteiger partial charge in [0.2, 0.25) is 0 Å². The summed E-state index contributed by atoms with van der Waals surface area (Å²) in [5.74, 6) is -0.243. The minimum atomic E-state index is -1.09. The number of fused-ring (bicyclic) bond motifs is 1. The molecule has 0 aliphatic heterocycles. The summed E-state index contributed by atoms with van der Waals surface area (Å²) in [6.45, 7) is 3.70. The number of carbonyl (C=O) groups excluding carboxylic acids is 1. The van der Waals surface area contributed by atoms with Crippen molar-refractivity contribution in [1.82, 2.24) is 4.98 Å². The standard InChI is InChI=1S/C14H18N2O3.ClH/c1-3-19-13(18)14(2,15)7-9-8-16-12-5-4-10(17)6-11(9)12;/h4-6,8,16-17H,3,7,15H2,1-2H3;1H. The van der Waals surface area contributed by atoms with Crippen LogP contribution in [0.15, 0.2) is 24.4 Å². The first kappa shape index (κ1) is 16.3. The van der Waals surface area contributed by atoms with E-state index in [2.05, 4.69) is 4.98 Å². The molecule has 0 spiro atoms. The maximum Gasteiger partial charge on any atom is 0.326 e. The van der Waals surface area contributed by atoms with Gasteiger partial charge in [0.15, 0.2) is 0 Å². The Hall–Kier alpha value is -1.72. The van der Waals surface area contributed by atoms with Crippen molar-refractivity contribution in [1.29, 1.82) is 0 Å². The Morgan fingerprint density at radius 1 is 1.50 bits per heavy atom. The molecule has 0 bridgehead atoms. The molecule has 1 atom stereocenters. The fraction of sp³-hybridized carbons (Fsp3) is 0.357. The lowest BCUT2D eigenvalue weighted by Gasteiger charge is -2.21. The zero-order valence-electron chi connectivity index (χ0n) is 11.5. The van der Waals surface area contributed by atoms with Crippen molar-refractivity contribution in [3.63, 3.8) is 0 Å². The fourth-order valence-corrected chi connectivity index (χ4v) is 2.08. The minimum Gasteiger partial charge on any atom is -0.508 e. The summed E-state index contributed by atoms with van der Waals surface area (Å²) < 4.78 is 4.97. The molecule has 0 aliphatic rings. The predicted octanol–water partition coefficient (Wildman–Crippen LogP) is 2.12. The summed E-state index contributed by atoms with van der Waals surface area (Å²) in [5, 5.41) is 10.4. The second-order valence-corrected chi connectivity index (χ2v) is 4.86. The van der Waals surface area contributed by atoms with Crippen LogP contribution < -0.4 is 5.73 Å². The molecule has 0 fully saturated rings. The van der Waals surface area contributed by atoms with Gasteiger partial charge in [-0.2, -0.15) is 0 Å². The lowest BCUT2D eigenvalue weighted by Crippen LogP contribution is -2.48. The van der Waals surface area contributed by atoms with Gasteiger partial charge in [0, 0.05) is 23.5 Å². The summed E-state index contributed by atoms with van der Waals surface area (Å²) in [4.78, 5) is 14.9. The molecule has 6 heteroatoms. The van der Waals surface area contributed by atoms with Crippen molar-refractivity contribution < 1.29 is 14.6 Å². The lowest BCUT2D eigenvalue weighted by atomic mass is 9.94. The fourth-order valence-electron chi connectivity index (χ4n) is 2.08. The van der Waals surface area contributed by atoms with Gasteiger partial charge in [0.1, 0.15) is 11.3 Å². The van der Waals surface area contributed by atoms with Gasteiger partial charge in [-0.05, 0) is 37.6 Å². The molecule has 1 aromatic heterocycles. The van der Waals surface area contributed by atoms with E-state index >= 15 is 0 Å². The van der Waals surface area contributed by atoms with E-state index in [9.17, 15) is 9.90 Å². The van der Waals surface area contributed by atoms with Crippen molar-refractivity contribution in [3.8, 4) is 5.75 Å². The smallest absolute Gasteiger partial charge is 0.326 e. The highest BCUT2D eigenvalue weighted by molar-refractivity contribution is 5.87. The molecular formula is C14H19ClN2O3. The number of H-pyrrole nitrogens is 1. The van der Waals surface area contributed by atoms with Crippen molar-refractivity contribution in [2.45, 2.75) is 25.8 Å². The third-order valence-corrected chi connectivity index (χ3v) is 3.05. The van der Waals surface area contributed by atoms with Gasteiger partial charge in [0.05, 0.1) is 6.61 Å². The second-order valence-electron chi connectivity index (χ2n) is 4.86. The highest BCUT2D eigenvalue weighted by Crippen LogP contribution is 2.25. The van der Waals surface area contributed by atoms with E-state index in [4.69, 9.17) is 10.5 Å². The van der Waals surface area contributed by atoms with E-state index in [1.807, 2.05) is 0 Å². The third kappa shape index (κ3) is 3.23. The van der Waals surface area contributed by atoms with Gasteiger partial charge in [-0.3, -0.25) is 4.79 Å². The number of hydrogen-bond donors (Lipinski definition) is 3. The zero-order valence-corrected chi connectivity index (χ0v) is 12.3. The molecule has 20 heavy (non-hydrogen) atoms. The Labute approximate surface area is 123 Å². The Morgan fingerprint density at radius 3 is 2.85 bits per heavy atom. The Balaban J connectivity index is 0.00000200. The molecule has 2 aromatic rings. The number of aromatic amines is 1. The van der Waals surface area contributed by atoms with E-state index in [0.717, 1.165) is 16.5 Å². The predicted molar refractivity (Wildman–Crippen MR) is 80.1 cm³/mol. The molecular weight excluding hydrogens is 280 g/mol. The van der Waals surface area contributed by atoms with Crippen molar-refractivity contribution in [2.24, 2.45) is 5.73 Å². The van der Waals surface area contributed by atoms with Crippen molar-refractivity contribution >= 4 is 29.3 Å². The number of aromatic hydroxyl groups is 1. The number of esters is 1. The Morgan fingerprint density at radius 2 is 2.20 bits per heavy atom. The maximum atomic E-state index is 11.8. The SMILES string of the molecule is CCOC(=O)C(C)(N)Cc1c[nH]c2ccc(O)cc12.Cl. The molecule has 0 saturated carbocycles. The van der Waals surface area contributed by atoms with Crippen LogP contribution in [0.3, 0.4) is 0 Å². The quantitative estimate of drug-likeness (QED) is 0.754. The molecule has 0 aliphatic carbocycles. The molecule has 1 aromatic carbocycles. The van der Waals surface area contributed by atoms with Gasteiger partial charge in [-0.15, -0.1) is 12.4 Å². The molecule has 0 radical (unpaired) electrons. The van der Waals surface area contributed by atoms with E-state index in [0.29, 0.717) is 13.0 Å². The number of phenolic OH excluding ortho intramolecular Hbond substituents is 1. The molecule has 1 heterocycles. The second kappa shape index (κ2) is 6.15. The van der Waals surface area contributed by atoms with Gasteiger partial charge in [0.25, 0.3) is 0 Å². The minimum absolute atomic E-state index is 0. The number of halogens is 1. The molecule has 0 amide bonds. The molecule has 0 saturated heterocycles. The molecule has 110 valence electrons. The summed E-state index contributed by atoms with van der Waals surface area (Å²) in [6, 6.07) is 5.05. The van der Waals surface area contributed by atoms with Crippen LogP contribution in [0.5, 0.6) is 5.75 Å². The number of nitrogens with one attached hydrogen (secondary N) is 1. The van der Waals surface area contributed by atoms with E-state index in [1.54, 1.807) is 38.2 Å². The van der Waals surface area contributed by atoms with E-state index in [-0.39, 0.29) is 18.2 Å². The van der Waals surface area contributed by atoms with E-state index in [1.165, 1.54) is 0 Å². The number of benzene rings is 1. The first-order chi connectivity index (χ1) is 8.94. The van der Waals surface area contributed by atoms with Gasteiger partial charge in [-0.1, -0.05) is 0 Å². The van der Waals surface area contributed by atoms with Crippen LogP contribution in [0.25, 0.3) is 10.9 Å². The van der Waals surface area contributed by atoms with Crippen LogP contribution >= 0.6 is 12.4 Å². The van der Waals surface area contributed by atoms with Crippen LogP contribution in [-0.2, 0) is 16.0 Å². The monoisotopic (exact) mass is 298 g/mol. The number of hydrogen-bond acceptors (Lipinski definition) is 4. The average Bonchev–Trinajstić information content (AvgIpc) is 2.72. The highest BCUT2D eigenvalue weighted by atomic mass is 35.5. The topological polar surface area (TPSA) is 88.3 Å². The zero-order chi connectivity index (χ0) is 14.0. The van der Waals surface area contributed by atoms with Crippen molar-refractivity contribution in [3.05, 3.63) is 30.0 Å². The van der Waals surface area contributed by atoms with Gasteiger partial charge >= 0.3 is 5.97 Å². The first-order valence-electron chi connectivity index (χ1n) is 6.19. The highest BCUT2D eigenvalue weighted by Gasteiger charge is 2.31. The molecule has 5 nitrogen and oxygen atoms in total.